The van der Waals surface area contributed by atoms with Gasteiger partial charge in [-0.15, -0.1) is 11.3 Å². The number of benzene rings is 1. The highest BCUT2D eigenvalue weighted by Crippen LogP contribution is 2.25. The third-order valence-electron chi connectivity index (χ3n) is 4.11. The van der Waals surface area contributed by atoms with Crippen molar-refractivity contribution < 1.29 is 0 Å². The average molecular weight is 302 g/mol. The molecule has 1 heterocycles. The lowest BCUT2D eigenvalue weighted by molar-refractivity contribution is 0.256. The second kappa shape index (κ2) is 7.74. The van der Waals surface area contributed by atoms with Crippen molar-refractivity contribution in [3.05, 3.63) is 57.8 Å². The topological polar surface area (TPSA) is 15.3 Å². The van der Waals surface area contributed by atoms with E-state index in [0.29, 0.717) is 12.0 Å². The quantitative estimate of drug-likeness (QED) is 0.822. The van der Waals surface area contributed by atoms with E-state index in [1.165, 1.54) is 16.0 Å². The number of hydrogen-bond acceptors (Lipinski definition) is 3. The molecule has 21 heavy (non-hydrogen) atoms. The van der Waals surface area contributed by atoms with Gasteiger partial charge in [-0.05, 0) is 49.5 Å². The molecule has 1 aromatic heterocycles. The zero-order valence-corrected chi connectivity index (χ0v) is 14.3. The van der Waals surface area contributed by atoms with Gasteiger partial charge < -0.3 is 5.32 Å². The number of nitrogens with zero attached hydrogens (tertiary/aromatic N) is 1. The molecule has 114 valence electrons. The van der Waals surface area contributed by atoms with E-state index in [-0.39, 0.29) is 0 Å². The first-order chi connectivity index (χ1) is 10.1. The highest BCUT2D eigenvalue weighted by atomic mass is 32.1. The number of hydrogen-bond donors (Lipinski definition) is 1. The van der Waals surface area contributed by atoms with Gasteiger partial charge in [0, 0.05) is 24.0 Å². The fraction of sp³-hybridized carbons (Fsp3) is 0.444. The molecule has 0 saturated carbocycles. The normalized spacial score (nSPS) is 14.3. The Bertz CT molecular complexity index is 519. The molecule has 0 aliphatic carbocycles. The molecule has 0 bridgehead atoms. The summed E-state index contributed by atoms with van der Waals surface area (Å²) >= 11 is 1.83. The average Bonchev–Trinajstić information content (AvgIpc) is 3.01. The summed E-state index contributed by atoms with van der Waals surface area (Å²) in [7, 11) is 4.20. The zero-order chi connectivity index (χ0) is 15.2. The van der Waals surface area contributed by atoms with E-state index in [9.17, 15) is 0 Å². The zero-order valence-electron chi connectivity index (χ0n) is 13.5. The molecule has 2 rings (SSSR count). The van der Waals surface area contributed by atoms with E-state index in [4.69, 9.17) is 0 Å². The Balaban J connectivity index is 1.96. The van der Waals surface area contributed by atoms with Crippen LogP contribution in [0.5, 0.6) is 0 Å². The molecule has 0 fully saturated rings. The van der Waals surface area contributed by atoms with Gasteiger partial charge in [-0.2, -0.15) is 0 Å². The summed E-state index contributed by atoms with van der Waals surface area (Å²) in [6, 6.07) is 13.9. The molecule has 1 aromatic carbocycles. The minimum atomic E-state index is 0.466. The molecule has 0 amide bonds. The Morgan fingerprint density at radius 3 is 2.43 bits per heavy atom. The maximum Gasteiger partial charge on any atom is 0.0413 e. The molecule has 0 aliphatic heterocycles. The lowest BCUT2D eigenvalue weighted by atomic mass is 9.99. The van der Waals surface area contributed by atoms with Gasteiger partial charge >= 0.3 is 0 Å². The van der Waals surface area contributed by atoms with Crippen LogP contribution < -0.4 is 5.32 Å². The molecule has 2 aromatic rings. The maximum atomic E-state index is 3.24. The summed E-state index contributed by atoms with van der Waals surface area (Å²) in [6.45, 7) is 6.54. The lowest BCUT2D eigenvalue weighted by Gasteiger charge is -2.24. The molecule has 2 nitrogen and oxygen atoms in total. The summed E-state index contributed by atoms with van der Waals surface area (Å²) in [6.07, 6.45) is 0. The van der Waals surface area contributed by atoms with Crippen LogP contribution in [0.15, 0.2) is 41.8 Å². The van der Waals surface area contributed by atoms with Gasteiger partial charge in [0.1, 0.15) is 0 Å². The number of likely N-dealkylation sites (N-methyl/N-ethyl adjacent to an activating group) is 1. The minimum absolute atomic E-state index is 0.466. The van der Waals surface area contributed by atoms with Gasteiger partial charge in [0.2, 0.25) is 0 Å². The van der Waals surface area contributed by atoms with Crippen molar-refractivity contribution in [3.8, 4) is 0 Å². The van der Waals surface area contributed by atoms with Crippen molar-refractivity contribution >= 4 is 11.3 Å². The first-order valence-corrected chi connectivity index (χ1v) is 8.47. The smallest absolute Gasteiger partial charge is 0.0413 e. The molecular formula is C18H26N2S. The van der Waals surface area contributed by atoms with Crippen LogP contribution in [-0.2, 0) is 6.54 Å². The van der Waals surface area contributed by atoms with Gasteiger partial charge in [-0.1, -0.05) is 37.3 Å². The monoisotopic (exact) mass is 302 g/mol. The van der Waals surface area contributed by atoms with Crippen LogP contribution >= 0.6 is 11.3 Å². The fourth-order valence-corrected chi connectivity index (χ4v) is 3.40. The first-order valence-electron chi connectivity index (χ1n) is 7.59. The molecule has 2 unspecified atom stereocenters. The summed E-state index contributed by atoms with van der Waals surface area (Å²) in [5.41, 5.74) is 2.78. The number of rotatable bonds is 7. The molecule has 0 aliphatic rings. The van der Waals surface area contributed by atoms with Crippen LogP contribution in [0.2, 0.25) is 0 Å². The minimum Gasteiger partial charge on any atom is -0.319 e. The highest BCUT2D eigenvalue weighted by Gasteiger charge is 2.13. The van der Waals surface area contributed by atoms with Crippen molar-refractivity contribution in [2.75, 3.05) is 20.6 Å². The molecule has 1 N–H and O–H groups in total. The second-order valence-corrected chi connectivity index (χ2v) is 6.79. The van der Waals surface area contributed by atoms with Gasteiger partial charge in [-0.25, -0.2) is 0 Å². The predicted octanol–water partition coefficient (Wildman–Crippen LogP) is 4.26. The summed E-state index contributed by atoms with van der Waals surface area (Å²) < 4.78 is 0. The Morgan fingerprint density at radius 2 is 1.86 bits per heavy atom. The van der Waals surface area contributed by atoms with Crippen LogP contribution in [0, 0.1) is 0 Å². The number of nitrogens with one attached hydrogen (secondary N) is 1. The van der Waals surface area contributed by atoms with E-state index >= 15 is 0 Å². The van der Waals surface area contributed by atoms with E-state index in [1.54, 1.807) is 0 Å². The summed E-state index contributed by atoms with van der Waals surface area (Å²) in [5.74, 6) is 0.562. The van der Waals surface area contributed by atoms with Crippen LogP contribution in [0.25, 0.3) is 0 Å². The molecule has 0 saturated heterocycles. The largest absolute Gasteiger partial charge is 0.319 e. The van der Waals surface area contributed by atoms with Crippen molar-refractivity contribution in [2.45, 2.75) is 32.4 Å². The fourth-order valence-electron chi connectivity index (χ4n) is 2.55. The Labute approximate surface area is 132 Å². The third kappa shape index (κ3) is 4.40. The predicted molar refractivity (Wildman–Crippen MR) is 93.0 cm³/mol. The lowest BCUT2D eigenvalue weighted by Crippen LogP contribution is -2.21. The second-order valence-electron chi connectivity index (χ2n) is 5.81. The molecular weight excluding hydrogens is 276 g/mol. The maximum absolute atomic E-state index is 3.24. The van der Waals surface area contributed by atoms with Gasteiger partial charge in [-0.3, -0.25) is 4.90 Å². The van der Waals surface area contributed by atoms with E-state index in [1.807, 2.05) is 18.4 Å². The molecule has 3 heteroatoms. The number of thiophene rings is 1. The van der Waals surface area contributed by atoms with Gasteiger partial charge in [0.05, 0.1) is 0 Å². The van der Waals surface area contributed by atoms with Crippen molar-refractivity contribution in [3.63, 3.8) is 0 Å². The third-order valence-corrected chi connectivity index (χ3v) is 5.15. The van der Waals surface area contributed by atoms with Crippen LogP contribution in [0.4, 0.5) is 0 Å². The van der Waals surface area contributed by atoms with Crippen LogP contribution in [-0.4, -0.2) is 25.5 Å². The van der Waals surface area contributed by atoms with Crippen molar-refractivity contribution in [2.24, 2.45) is 0 Å². The van der Waals surface area contributed by atoms with E-state index in [0.717, 1.165) is 13.1 Å². The Hall–Kier alpha value is -1.16. The Kier molecular flexibility index (Phi) is 5.97. The standard InChI is InChI=1S/C18H26N2S/c1-14(12-19-3)17-9-7-16(8-10-17)13-20(4)15(2)18-6-5-11-21-18/h5-11,14-15,19H,12-13H2,1-4H3. The first kappa shape index (κ1) is 16.2. The summed E-state index contributed by atoms with van der Waals surface area (Å²) in [4.78, 5) is 3.83. The highest BCUT2D eigenvalue weighted by molar-refractivity contribution is 7.10. The molecule has 0 radical (unpaired) electrons. The van der Waals surface area contributed by atoms with Crippen molar-refractivity contribution in [1.82, 2.24) is 10.2 Å². The molecule has 2 atom stereocenters. The van der Waals surface area contributed by atoms with Gasteiger partial charge in [0.15, 0.2) is 0 Å². The summed E-state index contributed by atoms with van der Waals surface area (Å²) in [5, 5.41) is 5.39. The Morgan fingerprint density at radius 1 is 1.14 bits per heavy atom. The van der Waals surface area contributed by atoms with Crippen LogP contribution in [0.1, 0.15) is 41.8 Å². The van der Waals surface area contributed by atoms with E-state index in [2.05, 4.69) is 72.9 Å². The van der Waals surface area contributed by atoms with Gasteiger partial charge in [0.25, 0.3) is 0 Å². The molecule has 0 spiro atoms. The SMILES string of the molecule is CNCC(C)c1ccc(CN(C)C(C)c2cccs2)cc1. The van der Waals surface area contributed by atoms with E-state index < -0.39 is 0 Å². The van der Waals surface area contributed by atoms with Crippen molar-refractivity contribution in [1.29, 1.82) is 0 Å². The van der Waals surface area contributed by atoms with Crippen LogP contribution in [0.3, 0.4) is 0 Å².